The van der Waals surface area contributed by atoms with E-state index < -0.39 is 10.0 Å². The van der Waals surface area contributed by atoms with Gasteiger partial charge in [-0.05, 0) is 67.6 Å². The van der Waals surface area contributed by atoms with Crippen LogP contribution in [0.1, 0.15) is 37.1 Å². The SMILES string of the molecule is COc1ccc(S(=O)(=O)N2CCC3(CC2)CN(c2nc(C4(c5ccc(F)cc5)CC4)ns2)C3)cc1. The number of halogens is 1. The van der Waals surface area contributed by atoms with Gasteiger partial charge in [-0.15, -0.1) is 0 Å². The zero-order chi connectivity index (χ0) is 24.3. The minimum Gasteiger partial charge on any atom is -0.497 e. The number of methoxy groups -OCH3 is 1. The van der Waals surface area contributed by atoms with Gasteiger partial charge in [0.1, 0.15) is 11.6 Å². The van der Waals surface area contributed by atoms with Crippen LogP contribution in [0.5, 0.6) is 5.75 Å². The highest BCUT2D eigenvalue weighted by atomic mass is 32.2. The molecule has 0 N–H and O–H groups in total. The lowest BCUT2D eigenvalue weighted by Crippen LogP contribution is -2.61. The molecule has 0 radical (unpaired) electrons. The fraction of sp³-hybridized carbons (Fsp3) is 0.440. The molecule has 1 saturated carbocycles. The van der Waals surface area contributed by atoms with Crippen LogP contribution in [-0.2, 0) is 15.4 Å². The molecule has 35 heavy (non-hydrogen) atoms. The molecule has 6 rings (SSSR count). The molecule has 1 aromatic heterocycles. The van der Waals surface area contributed by atoms with Gasteiger partial charge in [-0.25, -0.2) is 17.8 Å². The summed E-state index contributed by atoms with van der Waals surface area (Å²) in [4.78, 5) is 7.44. The van der Waals surface area contributed by atoms with Crippen LogP contribution in [0.15, 0.2) is 53.4 Å². The van der Waals surface area contributed by atoms with Crippen LogP contribution in [0, 0.1) is 11.2 Å². The van der Waals surface area contributed by atoms with Crippen LogP contribution in [0.2, 0.25) is 0 Å². The van der Waals surface area contributed by atoms with Crippen molar-refractivity contribution >= 4 is 26.7 Å². The van der Waals surface area contributed by atoms with Gasteiger partial charge in [0.25, 0.3) is 0 Å². The summed E-state index contributed by atoms with van der Waals surface area (Å²) in [6.07, 6.45) is 3.64. The molecule has 10 heteroatoms. The van der Waals surface area contributed by atoms with Gasteiger partial charge in [0.2, 0.25) is 15.2 Å². The standard InChI is InChI=1S/C25H27FN4O3S2/c1-33-20-6-8-21(9-7-20)35(31,32)30-14-12-24(13-15-30)16-29(17-24)23-27-22(28-34-23)25(10-11-25)18-2-4-19(26)5-3-18/h2-9H,10-17H2,1H3. The molecule has 2 aliphatic heterocycles. The minimum atomic E-state index is -3.50. The maximum atomic E-state index is 13.4. The first kappa shape index (κ1) is 22.9. The average molecular weight is 515 g/mol. The van der Waals surface area contributed by atoms with Crippen molar-refractivity contribution in [3.63, 3.8) is 0 Å². The van der Waals surface area contributed by atoms with E-state index in [1.807, 2.05) is 12.1 Å². The largest absolute Gasteiger partial charge is 0.497 e. The molecule has 0 atom stereocenters. The highest BCUT2D eigenvalue weighted by Gasteiger charge is 2.51. The molecule has 1 aliphatic carbocycles. The fourth-order valence-corrected chi connectivity index (χ4v) is 7.58. The van der Waals surface area contributed by atoms with E-state index in [1.54, 1.807) is 35.7 Å². The van der Waals surface area contributed by atoms with Crippen LogP contribution < -0.4 is 9.64 Å². The van der Waals surface area contributed by atoms with Gasteiger partial charge >= 0.3 is 0 Å². The molecule has 2 saturated heterocycles. The summed E-state index contributed by atoms with van der Waals surface area (Å²) < 4.78 is 50.9. The average Bonchev–Trinajstić information content (AvgIpc) is 3.52. The molecule has 3 aliphatic rings. The second-order valence-corrected chi connectivity index (χ2v) is 12.6. The number of rotatable bonds is 6. The van der Waals surface area contributed by atoms with Crippen molar-refractivity contribution in [3.8, 4) is 5.75 Å². The topological polar surface area (TPSA) is 75.6 Å². The number of benzene rings is 2. The Labute approximate surface area is 208 Å². The number of hydrogen-bond donors (Lipinski definition) is 0. The Morgan fingerprint density at radius 1 is 0.971 bits per heavy atom. The molecule has 3 aromatic rings. The third-order valence-electron chi connectivity index (χ3n) is 7.79. The van der Waals surface area contributed by atoms with Crippen molar-refractivity contribution in [2.75, 3.05) is 38.2 Å². The number of aromatic nitrogens is 2. The van der Waals surface area contributed by atoms with E-state index in [9.17, 15) is 12.8 Å². The smallest absolute Gasteiger partial charge is 0.243 e. The quantitative estimate of drug-likeness (QED) is 0.494. The molecular weight excluding hydrogens is 487 g/mol. The summed E-state index contributed by atoms with van der Waals surface area (Å²) in [7, 11) is -1.94. The van der Waals surface area contributed by atoms with Crippen molar-refractivity contribution in [2.45, 2.75) is 36.0 Å². The Bertz CT molecular complexity index is 1320. The summed E-state index contributed by atoms with van der Waals surface area (Å²) >= 11 is 1.42. The van der Waals surface area contributed by atoms with Crippen molar-refractivity contribution in [1.82, 2.24) is 13.7 Å². The second-order valence-electron chi connectivity index (χ2n) is 9.93. The molecule has 2 aromatic carbocycles. The molecule has 3 fully saturated rings. The van der Waals surface area contributed by atoms with Crippen LogP contribution in [0.3, 0.4) is 0 Å². The first-order valence-corrected chi connectivity index (χ1v) is 14.0. The number of sulfonamides is 1. The number of hydrogen-bond acceptors (Lipinski definition) is 7. The number of ether oxygens (including phenoxy) is 1. The van der Waals surface area contributed by atoms with Crippen molar-refractivity contribution < 1.29 is 17.5 Å². The van der Waals surface area contributed by atoms with Crippen LogP contribution >= 0.6 is 11.5 Å². The van der Waals surface area contributed by atoms with E-state index in [0.29, 0.717) is 23.7 Å². The maximum absolute atomic E-state index is 13.4. The number of anilines is 1. The van der Waals surface area contributed by atoms with E-state index in [2.05, 4.69) is 9.27 Å². The maximum Gasteiger partial charge on any atom is 0.243 e. The lowest BCUT2D eigenvalue weighted by atomic mass is 9.73. The molecular formula is C25H27FN4O3S2. The fourth-order valence-electron chi connectivity index (χ4n) is 5.39. The zero-order valence-electron chi connectivity index (χ0n) is 19.5. The lowest BCUT2D eigenvalue weighted by molar-refractivity contribution is 0.114. The van der Waals surface area contributed by atoms with Gasteiger partial charge in [-0.2, -0.15) is 8.68 Å². The van der Waals surface area contributed by atoms with E-state index >= 15 is 0 Å². The van der Waals surface area contributed by atoms with Gasteiger partial charge in [-0.3, -0.25) is 0 Å². The van der Waals surface area contributed by atoms with E-state index in [4.69, 9.17) is 9.72 Å². The Morgan fingerprint density at radius 3 is 2.23 bits per heavy atom. The van der Waals surface area contributed by atoms with Gasteiger partial charge in [0, 0.05) is 43.1 Å². The van der Waals surface area contributed by atoms with Crippen molar-refractivity contribution in [3.05, 3.63) is 65.7 Å². The third-order valence-corrected chi connectivity index (χ3v) is 10.5. The Morgan fingerprint density at radius 2 is 1.63 bits per heavy atom. The lowest BCUT2D eigenvalue weighted by Gasteiger charge is -2.53. The molecule has 1 spiro atoms. The van der Waals surface area contributed by atoms with E-state index in [-0.39, 0.29) is 16.6 Å². The highest BCUT2D eigenvalue weighted by Crippen LogP contribution is 2.53. The summed E-state index contributed by atoms with van der Waals surface area (Å²) in [5, 5.41) is 0.923. The summed E-state index contributed by atoms with van der Waals surface area (Å²) in [6.45, 7) is 2.80. The normalized spacial score (nSPS) is 21.0. The first-order chi connectivity index (χ1) is 16.8. The summed E-state index contributed by atoms with van der Waals surface area (Å²) in [5.41, 5.74) is 1.03. The second kappa shape index (κ2) is 8.25. The Balaban J connectivity index is 1.09. The molecule has 0 unspecified atom stereocenters. The zero-order valence-corrected chi connectivity index (χ0v) is 21.1. The first-order valence-electron chi connectivity index (χ1n) is 11.8. The number of piperidine rings is 1. The van der Waals surface area contributed by atoms with Crippen LogP contribution in [0.25, 0.3) is 0 Å². The Kier molecular flexibility index (Phi) is 5.39. The van der Waals surface area contributed by atoms with Crippen molar-refractivity contribution in [2.24, 2.45) is 5.41 Å². The van der Waals surface area contributed by atoms with Gasteiger partial charge < -0.3 is 9.64 Å². The van der Waals surface area contributed by atoms with Gasteiger partial charge in [0.15, 0.2) is 5.82 Å². The predicted octanol–water partition coefficient (Wildman–Crippen LogP) is 4.06. The van der Waals surface area contributed by atoms with Crippen LogP contribution in [-0.4, -0.2) is 55.4 Å². The predicted molar refractivity (Wildman–Crippen MR) is 132 cm³/mol. The monoisotopic (exact) mass is 514 g/mol. The van der Waals surface area contributed by atoms with Crippen molar-refractivity contribution in [1.29, 1.82) is 0 Å². The van der Waals surface area contributed by atoms with E-state index in [1.165, 1.54) is 23.7 Å². The highest BCUT2D eigenvalue weighted by molar-refractivity contribution is 7.89. The molecule has 7 nitrogen and oxygen atoms in total. The minimum absolute atomic E-state index is 0.131. The van der Waals surface area contributed by atoms with Crippen LogP contribution in [0.4, 0.5) is 9.52 Å². The third kappa shape index (κ3) is 3.91. The van der Waals surface area contributed by atoms with Gasteiger partial charge in [-0.1, -0.05) is 12.1 Å². The van der Waals surface area contributed by atoms with E-state index in [0.717, 1.165) is 55.3 Å². The number of nitrogens with zero attached hydrogens (tertiary/aromatic N) is 4. The van der Waals surface area contributed by atoms with Gasteiger partial charge in [0.05, 0.1) is 17.4 Å². The molecule has 3 heterocycles. The molecule has 184 valence electrons. The molecule has 0 amide bonds. The summed E-state index contributed by atoms with van der Waals surface area (Å²) in [5.74, 6) is 1.25. The molecule has 0 bridgehead atoms. The Hall–Kier alpha value is -2.56. The summed E-state index contributed by atoms with van der Waals surface area (Å²) in [6, 6.07) is 13.3.